The highest BCUT2D eigenvalue weighted by atomic mass is 35.5. The van der Waals surface area contributed by atoms with Gasteiger partial charge in [0.25, 0.3) is 0 Å². The molecule has 2 heterocycles. The van der Waals surface area contributed by atoms with Crippen molar-refractivity contribution in [3.63, 3.8) is 0 Å². The van der Waals surface area contributed by atoms with Crippen molar-refractivity contribution in [2.75, 3.05) is 0 Å². The van der Waals surface area contributed by atoms with Crippen LogP contribution in [0.5, 0.6) is 0 Å². The molecule has 0 unspecified atom stereocenters. The molecule has 0 amide bonds. The van der Waals surface area contributed by atoms with Gasteiger partial charge in [-0.15, -0.1) is 0 Å². The molecule has 30 heavy (non-hydrogen) atoms. The Hall–Kier alpha value is -3.06. The molecule has 0 saturated carbocycles. The van der Waals surface area contributed by atoms with Crippen molar-refractivity contribution in [1.29, 1.82) is 0 Å². The lowest BCUT2D eigenvalue weighted by Gasteiger charge is -2.11. The lowest BCUT2D eigenvalue weighted by atomic mass is 10.1. The van der Waals surface area contributed by atoms with E-state index < -0.39 is 10.0 Å². The van der Waals surface area contributed by atoms with Crippen LogP contribution in [0.15, 0.2) is 96.3 Å². The molecule has 0 saturated heterocycles. The molecule has 0 bridgehead atoms. The van der Waals surface area contributed by atoms with E-state index in [0.717, 1.165) is 27.9 Å². The van der Waals surface area contributed by atoms with Crippen molar-refractivity contribution in [3.05, 3.63) is 102 Å². The smallest absolute Gasteiger partial charge is 0.240 e. The monoisotopic (exact) mass is 435 g/mol. The molecule has 4 aromatic rings. The first-order valence-corrected chi connectivity index (χ1v) is 11.1. The van der Waals surface area contributed by atoms with Gasteiger partial charge in [0.15, 0.2) is 0 Å². The number of aromatic nitrogens is 2. The summed E-state index contributed by atoms with van der Waals surface area (Å²) in [6, 6.07) is 21.4. The maximum Gasteiger partial charge on any atom is 0.240 e. The van der Waals surface area contributed by atoms with E-state index in [1.807, 2.05) is 36.4 Å². The third-order valence-electron chi connectivity index (χ3n) is 4.62. The Morgan fingerprint density at radius 2 is 1.57 bits per heavy atom. The van der Waals surface area contributed by atoms with Gasteiger partial charge in [0, 0.05) is 35.7 Å². The Morgan fingerprint density at radius 1 is 0.800 bits per heavy atom. The zero-order valence-corrected chi connectivity index (χ0v) is 17.4. The van der Waals surface area contributed by atoms with Crippen molar-refractivity contribution in [1.82, 2.24) is 14.7 Å². The molecule has 0 aliphatic carbocycles. The minimum absolute atomic E-state index is 0.124. The van der Waals surface area contributed by atoms with Gasteiger partial charge in [0.05, 0.1) is 10.6 Å². The van der Waals surface area contributed by atoms with Gasteiger partial charge in [-0.3, -0.25) is 9.97 Å². The second-order valence-corrected chi connectivity index (χ2v) is 8.81. The summed E-state index contributed by atoms with van der Waals surface area (Å²) in [6.45, 7) is 0.124. The second-order valence-electron chi connectivity index (χ2n) is 6.61. The molecular weight excluding hydrogens is 418 g/mol. The summed E-state index contributed by atoms with van der Waals surface area (Å²) < 4.78 is 28.5. The fourth-order valence-corrected chi connectivity index (χ4v) is 4.27. The van der Waals surface area contributed by atoms with Gasteiger partial charge in [-0.2, -0.15) is 0 Å². The minimum atomic E-state index is -3.71. The van der Waals surface area contributed by atoms with E-state index in [4.69, 9.17) is 11.6 Å². The van der Waals surface area contributed by atoms with Crippen LogP contribution in [-0.4, -0.2) is 18.4 Å². The average Bonchev–Trinajstić information content (AvgIpc) is 2.79. The number of rotatable bonds is 6. The van der Waals surface area contributed by atoms with E-state index in [1.54, 1.807) is 55.0 Å². The molecule has 4 rings (SSSR count). The first kappa shape index (κ1) is 20.2. The average molecular weight is 436 g/mol. The molecule has 2 aromatic carbocycles. The predicted molar refractivity (Wildman–Crippen MR) is 118 cm³/mol. The SMILES string of the molecule is O=S(=O)(NCc1cccnc1-c1ccncc1)c1cccc(-c2ccc(Cl)cc2)c1. The summed E-state index contributed by atoms with van der Waals surface area (Å²) in [6.07, 6.45) is 5.05. The van der Waals surface area contributed by atoms with Crippen molar-refractivity contribution in [2.45, 2.75) is 11.4 Å². The molecular formula is C23H18ClN3O2S. The lowest BCUT2D eigenvalue weighted by Crippen LogP contribution is -2.23. The zero-order chi connectivity index (χ0) is 21.0. The number of halogens is 1. The third kappa shape index (κ3) is 4.57. The number of benzene rings is 2. The first-order valence-electron chi connectivity index (χ1n) is 9.23. The number of nitrogens with one attached hydrogen (secondary N) is 1. The van der Waals surface area contributed by atoms with Crippen LogP contribution in [0.2, 0.25) is 5.02 Å². The summed E-state index contributed by atoms with van der Waals surface area (Å²) in [7, 11) is -3.71. The maximum absolute atomic E-state index is 12.9. The van der Waals surface area contributed by atoms with Crippen LogP contribution in [0, 0.1) is 0 Å². The zero-order valence-electron chi connectivity index (χ0n) is 15.9. The van der Waals surface area contributed by atoms with Crippen LogP contribution in [-0.2, 0) is 16.6 Å². The second kappa shape index (κ2) is 8.75. The van der Waals surface area contributed by atoms with Gasteiger partial charge < -0.3 is 0 Å². The molecule has 7 heteroatoms. The van der Waals surface area contributed by atoms with E-state index in [1.165, 1.54) is 0 Å². The highest BCUT2D eigenvalue weighted by Crippen LogP contribution is 2.25. The van der Waals surface area contributed by atoms with Crippen molar-refractivity contribution < 1.29 is 8.42 Å². The number of pyridine rings is 2. The third-order valence-corrected chi connectivity index (χ3v) is 6.27. The molecule has 1 N–H and O–H groups in total. The van der Waals surface area contributed by atoms with Crippen LogP contribution in [0.4, 0.5) is 0 Å². The minimum Gasteiger partial charge on any atom is -0.265 e. The van der Waals surface area contributed by atoms with Crippen LogP contribution < -0.4 is 4.72 Å². The highest BCUT2D eigenvalue weighted by molar-refractivity contribution is 7.89. The van der Waals surface area contributed by atoms with Crippen molar-refractivity contribution >= 4 is 21.6 Å². The van der Waals surface area contributed by atoms with Gasteiger partial charge in [-0.1, -0.05) is 41.9 Å². The molecule has 5 nitrogen and oxygen atoms in total. The number of hydrogen-bond donors (Lipinski definition) is 1. The van der Waals surface area contributed by atoms with E-state index in [9.17, 15) is 8.42 Å². The summed E-state index contributed by atoms with van der Waals surface area (Å²) in [5.41, 5.74) is 4.07. The Morgan fingerprint density at radius 3 is 2.33 bits per heavy atom. The number of nitrogens with zero attached hydrogens (tertiary/aromatic N) is 2. The van der Waals surface area contributed by atoms with E-state index in [2.05, 4.69) is 14.7 Å². The molecule has 2 aromatic heterocycles. The Kier molecular flexibility index (Phi) is 5.90. The van der Waals surface area contributed by atoms with Gasteiger partial charge in [0.1, 0.15) is 0 Å². The lowest BCUT2D eigenvalue weighted by molar-refractivity contribution is 0.581. The fraction of sp³-hybridized carbons (Fsp3) is 0.0435. The Bertz CT molecular complexity index is 1260. The van der Waals surface area contributed by atoms with Gasteiger partial charge in [-0.05, 0) is 59.2 Å². The van der Waals surface area contributed by atoms with Crippen LogP contribution in [0.1, 0.15) is 5.56 Å². The first-order chi connectivity index (χ1) is 14.5. The molecule has 0 fully saturated rings. The van der Waals surface area contributed by atoms with Crippen LogP contribution in [0.3, 0.4) is 0 Å². The molecule has 150 valence electrons. The summed E-state index contributed by atoms with van der Waals surface area (Å²) >= 11 is 5.95. The molecule has 0 aliphatic rings. The van der Waals surface area contributed by atoms with Gasteiger partial charge in [0.2, 0.25) is 10.0 Å². The summed E-state index contributed by atoms with van der Waals surface area (Å²) in [5, 5.41) is 0.630. The largest absolute Gasteiger partial charge is 0.265 e. The maximum atomic E-state index is 12.9. The standard InChI is InChI=1S/C23H18ClN3O2S/c24-21-8-6-17(7-9-21)19-3-1-5-22(15-19)30(28,29)27-16-20-4-2-12-26-23(20)18-10-13-25-14-11-18/h1-15,27H,16H2. The number of sulfonamides is 1. The van der Waals surface area contributed by atoms with Crippen LogP contribution >= 0.6 is 11.6 Å². The molecule has 0 spiro atoms. The molecule has 0 radical (unpaired) electrons. The molecule has 0 aliphatic heterocycles. The summed E-state index contributed by atoms with van der Waals surface area (Å²) in [5.74, 6) is 0. The van der Waals surface area contributed by atoms with E-state index in [0.29, 0.717) is 5.02 Å². The molecule has 0 atom stereocenters. The topological polar surface area (TPSA) is 72.0 Å². The number of hydrogen-bond acceptors (Lipinski definition) is 4. The quantitative estimate of drug-likeness (QED) is 0.465. The fourth-order valence-electron chi connectivity index (χ4n) is 3.09. The summed E-state index contributed by atoms with van der Waals surface area (Å²) in [4.78, 5) is 8.63. The highest BCUT2D eigenvalue weighted by Gasteiger charge is 2.16. The Balaban J connectivity index is 1.58. The van der Waals surface area contributed by atoms with Gasteiger partial charge >= 0.3 is 0 Å². The van der Waals surface area contributed by atoms with Crippen LogP contribution in [0.25, 0.3) is 22.4 Å². The van der Waals surface area contributed by atoms with Gasteiger partial charge in [-0.25, -0.2) is 13.1 Å². The van der Waals surface area contributed by atoms with Crippen molar-refractivity contribution in [3.8, 4) is 22.4 Å². The van der Waals surface area contributed by atoms with E-state index in [-0.39, 0.29) is 11.4 Å². The van der Waals surface area contributed by atoms with E-state index >= 15 is 0 Å². The van der Waals surface area contributed by atoms with Crippen molar-refractivity contribution in [2.24, 2.45) is 0 Å². The Labute approximate surface area is 180 Å². The predicted octanol–water partition coefficient (Wildman–Crippen LogP) is 4.94. The normalized spacial score (nSPS) is 11.4.